The van der Waals surface area contributed by atoms with Crippen molar-refractivity contribution in [2.75, 3.05) is 18.5 Å². The van der Waals surface area contributed by atoms with Crippen LogP contribution in [-0.2, 0) is 25.1 Å². The van der Waals surface area contributed by atoms with Crippen LogP contribution in [0.5, 0.6) is 0 Å². The maximum atomic E-state index is 13.1. The number of sulfone groups is 1. The van der Waals surface area contributed by atoms with Gasteiger partial charge in [0.05, 0.1) is 35.7 Å². The van der Waals surface area contributed by atoms with Crippen LogP contribution in [0.3, 0.4) is 0 Å². The smallest absolute Gasteiger partial charge is 0.348 e. The van der Waals surface area contributed by atoms with E-state index >= 15 is 0 Å². The van der Waals surface area contributed by atoms with Crippen molar-refractivity contribution in [1.29, 1.82) is 0 Å². The third-order valence-corrected chi connectivity index (χ3v) is 7.90. The molecule has 1 aromatic carbocycles. The highest BCUT2D eigenvalue weighted by Crippen LogP contribution is 2.35. The first-order valence-electron chi connectivity index (χ1n) is 11.1. The van der Waals surface area contributed by atoms with Gasteiger partial charge in [-0.05, 0) is 38.8 Å². The lowest BCUT2D eigenvalue weighted by Gasteiger charge is -2.09. The molecule has 2 aromatic heterocycles. The van der Waals surface area contributed by atoms with E-state index < -0.39 is 38.5 Å². The van der Waals surface area contributed by atoms with Crippen LogP contribution < -0.4 is 5.32 Å². The minimum Gasteiger partial charge on any atom is -0.462 e. The van der Waals surface area contributed by atoms with Crippen molar-refractivity contribution in [3.05, 3.63) is 68.3 Å². The standard InChI is InChI=1S/C24H24ClN3O7S2/c1-5-34-22(30)17-14(4)19(23(31)35-6-2)36-21(17)28-20(29)18-16(25)11-26-24(27-18)37(32,33)12-15-9-7-8-13(3)10-15/h7-11H,5-6,12H2,1-4H3,(H,28,29). The van der Waals surface area contributed by atoms with Gasteiger partial charge in [0.1, 0.15) is 9.88 Å². The topological polar surface area (TPSA) is 142 Å². The molecule has 1 amide bonds. The van der Waals surface area contributed by atoms with E-state index in [1.165, 1.54) is 6.92 Å². The van der Waals surface area contributed by atoms with Gasteiger partial charge in [-0.15, -0.1) is 11.3 Å². The second-order valence-electron chi connectivity index (χ2n) is 7.75. The summed E-state index contributed by atoms with van der Waals surface area (Å²) < 4.78 is 36.0. The molecule has 0 aliphatic carbocycles. The highest BCUT2D eigenvalue weighted by atomic mass is 35.5. The van der Waals surface area contributed by atoms with Crippen LogP contribution in [0.25, 0.3) is 0 Å². The van der Waals surface area contributed by atoms with Gasteiger partial charge in [-0.1, -0.05) is 41.4 Å². The minimum absolute atomic E-state index is 0.00264. The second-order valence-corrected chi connectivity index (χ2v) is 11.1. The van der Waals surface area contributed by atoms with E-state index in [1.807, 2.05) is 13.0 Å². The Morgan fingerprint density at radius 2 is 1.76 bits per heavy atom. The normalized spacial score (nSPS) is 11.2. The summed E-state index contributed by atoms with van der Waals surface area (Å²) in [5.41, 5.74) is 1.24. The number of carbonyl (C=O) groups excluding carboxylic acids is 3. The van der Waals surface area contributed by atoms with E-state index in [0.29, 0.717) is 5.56 Å². The quantitative estimate of drug-likeness (QED) is 0.295. The Bertz CT molecular complexity index is 1470. The predicted octanol–water partition coefficient (Wildman–Crippen LogP) is 4.39. The van der Waals surface area contributed by atoms with Crippen molar-refractivity contribution in [3.63, 3.8) is 0 Å². The number of amides is 1. The summed E-state index contributed by atoms with van der Waals surface area (Å²) in [4.78, 5) is 45.9. The first-order valence-corrected chi connectivity index (χ1v) is 13.9. The summed E-state index contributed by atoms with van der Waals surface area (Å²) in [5.74, 6) is -2.70. The van der Waals surface area contributed by atoms with Gasteiger partial charge in [-0.3, -0.25) is 4.79 Å². The third kappa shape index (κ3) is 6.51. The van der Waals surface area contributed by atoms with E-state index in [9.17, 15) is 22.8 Å². The molecule has 2 heterocycles. The maximum Gasteiger partial charge on any atom is 0.348 e. The molecule has 0 unspecified atom stereocenters. The molecule has 0 radical (unpaired) electrons. The summed E-state index contributed by atoms with van der Waals surface area (Å²) in [7, 11) is -4.02. The molecule has 0 aliphatic heterocycles. The number of benzene rings is 1. The molecular weight excluding hydrogens is 542 g/mol. The van der Waals surface area contributed by atoms with Gasteiger partial charge in [0.25, 0.3) is 5.91 Å². The molecule has 3 aromatic rings. The van der Waals surface area contributed by atoms with Crippen molar-refractivity contribution in [3.8, 4) is 0 Å². The lowest BCUT2D eigenvalue weighted by atomic mass is 10.1. The minimum atomic E-state index is -4.02. The van der Waals surface area contributed by atoms with Crippen molar-refractivity contribution >= 4 is 55.6 Å². The summed E-state index contributed by atoms with van der Waals surface area (Å²) in [6, 6.07) is 6.95. The van der Waals surface area contributed by atoms with Gasteiger partial charge in [-0.25, -0.2) is 28.0 Å². The molecule has 0 spiro atoms. The lowest BCUT2D eigenvalue weighted by molar-refractivity contribution is 0.0527. The predicted molar refractivity (Wildman–Crippen MR) is 138 cm³/mol. The van der Waals surface area contributed by atoms with Crippen LogP contribution in [0.1, 0.15) is 61.1 Å². The van der Waals surface area contributed by atoms with E-state index in [4.69, 9.17) is 21.1 Å². The number of esters is 2. The Hall–Kier alpha value is -3.35. The van der Waals surface area contributed by atoms with Crippen LogP contribution in [-0.4, -0.2) is 49.4 Å². The highest BCUT2D eigenvalue weighted by molar-refractivity contribution is 7.90. The Labute approximate surface area is 222 Å². The zero-order valence-electron chi connectivity index (χ0n) is 20.5. The molecule has 0 aliphatic rings. The first-order chi connectivity index (χ1) is 17.5. The van der Waals surface area contributed by atoms with Gasteiger partial charge in [0.15, 0.2) is 5.69 Å². The number of ether oxygens (including phenoxy) is 2. The number of anilines is 1. The fourth-order valence-corrected chi connectivity index (χ4v) is 5.80. The van der Waals surface area contributed by atoms with E-state index in [2.05, 4.69) is 15.3 Å². The molecule has 13 heteroatoms. The lowest BCUT2D eigenvalue weighted by Crippen LogP contribution is -2.19. The molecule has 0 bridgehead atoms. The Morgan fingerprint density at radius 1 is 1.08 bits per heavy atom. The number of hydrogen-bond donors (Lipinski definition) is 1. The number of nitrogens with zero attached hydrogens (tertiary/aromatic N) is 2. The number of thiophene rings is 1. The molecule has 1 N–H and O–H groups in total. The number of hydrogen-bond acceptors (Lipinski definition) is 10. The van der Waals surface area contributed by atoms with Crippen LogP contribution in [0, 0.1) is 13.8 Å². The second kappa shape index (κ2) is 11.8. The molecule has 3 rings (SSSR count). The molecular formula is C24H24ClN3O7S2. The number of aryl methyl sites for hydroxylation is 1. The average molecular weight is 566 g/mol. The molecule has 0 atom stereocenters. The van der Waals surface area contributed by atoms with Gasteiger partial charge >= 0.3 is 11.9 Å². The van der Waals surface area contributed by atoms with Crippen LogP contribution in [0.15, 0.2) is 35.6 Å². The van der Waals surface area contributed by atoms with Gasteiger partial charge in [0.2, 0.25) is 15.0 Å². The van der Waals surface area contributed by atoms with Gasteiger partial charge < -0.3 is 14.8 Å². The van der Waals surface area contributed by atoms with Crippen LogP contribution in [0.4, 0.5) is 5.00 Å². The van der Waals surface area contributed by atoms with Crippen molar-refractivity contribution in [1.82, 2.24) is 9.97 Å². The first kappa shape index (κ1) is 28.2. The van der Waals surface area contributed by atoms with E-state index in [-0.39, 0.29) is 45.0 Å². The third-order valence-electron chi connectivity index (χ3n) is 4.97. The Balaban J connectivity index is 1.97. The number of aromatic nitrogens is 2. The number of halogens is 1. The van der Waals surface area contributed by atoms with Crippen molar-refractivity contribution in [2.45, 2.75) is 38.6 Å². The Morgan fingerprint density at radius 3 is 2.41 bits per heavy atom. The summed E-state index contributed by atoms with van der Waals surface area (Å²) >= 11 is 6.94. The Kier molecular flexibility index (Phi) is 9.00. The zero-order chi connectivity index (χ0) is 27.3. The van der Waals surface area contributed by atoms with E-state index in [0.717, 1.165) is 23.1 Å². The molecule has 37 heavy (non-hydrogen) atoms. The SMILES string of the molecule is CCOC(=O)c1sc(NC(=O)c2nc(S(=O)(=O)Cc3cccc(C)c3)ncc2Cl)c(C(=O)OCC)c1C. The molecule has 0 saturated heterocycles. The number of rotatable bonds is 9. The molecule has 10 nitrogen and oxygen atoms in total. The van der Waals surface area contributed by atoms with Crippen LogP contribution >= 0.6 is 22.9 Å². The summed E-state index contributed by atoms with van der Waals surface area (Å²) in [5, 5.41) is 1.72. The number of carbonyl (C=O) groups is 3. The maximum absolute atomic E-state index is 13.1. The molecule has 196 valence electrons. The summed E-state index contributed by atoms with van der Waals surface area (Å²) in [6.07, 6.45) is 1.02. The summed E-state index contributed by atoms with van der Waals surface area (Å²) in [6.45, 7) is 6.79. The van der Waals surface area contributed by atoms with E-state index in [1.54, 1.807) is 32.0 Å². The van der Waals surface area contributed by atoms with Crippen molar-refractivity contribution in [2.24, 2.45) is 0 Å². The van der Waals surface area contributed by atoms with Crippen molar-refractivity contribution < 1.29 is 32.3 Å². The monoisotopic (exact) mass is 565 g/mol. The van der Waals surface area contributed by atoms with Gasteiger partial charge in [0, 0.05) is 0 Å². The fraction of sp³-hybridized carbons (Fsp3) is 0.292. The molecule has 0 fully saturated rings. The highest BCUT2D eigenvalue weighted by Gasteiger charge is 2.29. The van der Waals surface area contributed by atoms with Gasteiger partial charge in [-0.2, -0.15) is 0 Å². The molecule has 0 saturated carbocycles. The largest absolute Gasteiger partial charge is 0.462 e. The average Bonchev–Trinajstić information content (AvgIpc) is 3.14. The zero-order valence-corrected chi connectivity index (χ0v) is 22.8. The fourth-order valence-electron chi connectivity index (χ4n) is 3.35. The van der Waals surface area contributed by atoms with Crippen LogP contribution in [0.2, 0.25) is 5.02 Å². The number of nitrogens with one attached hydrogen (secondary N) is 1.